The van der Waals surface area contributed by atoms with E-state index in [0.717, 1.165) is 12.1 Å². The molecular formula is C19H39N3. The minimum absolute atomic E-state index is 0.854. The Hall–Kier alpha value is -0.120. The third kappa shape index (κ3) is 6.17. The standard InChI is InChI=1S/C19H39N3/c1-20(14-16-21(2)18-10-6-4-7-11-18)15-17-22(3)19-12-8-5-9-13-19/h18-19H,4-17H2,1-3H3. The summed E-state index contributed by atoms with van der Waals surface area (Å²) in [5, 5.41) is 0. The highest BCUT2D eigenvalue weighted by atomic mass is 15.2. The Morgan fingerprint density at radius 3 is 1.27 bits per heavy atom. The number of rotatable bonds is 8. The van der Waals surface area contributed by atoms with Crippen LogP contribution in [0.4, 0.5) is 0 Å². The van der Waals surface area contributed by atoms with Gasteiger partial charge in [-0.15, -0.1) is 0 Å². The van der Waals surface area contributed by atoms with Gasteiger partial charge in [0, 0.05) is 38.3 Å². The number of likely N-dealkylation sites (N-methyl/N-ethyl adjacent to an activating group) is 3. The zero-order chi connectivity index (χ0) is 15.8. The van der Waals surface area contributed by atoms with E-state index in [1.165, 1.54) is 90.4 Å². The molecule has 0 unspecified atom stereocenters. The summed E-state index contributed by atoms with van der Waals surface area (Å²) in [6, 6.07) is 1.71. The predicted octanol–water partition coefficient (Wildman–Crippen LogP) is 3.45. The molecule has 130 valence electrons. The van der Waals surface area contributed by atoms with Crippen molar-refractivity contribution in [3.05, 3.63) is 0 Å². The highest BCUT2D eigenvalue weighted by Crippen LogP contribution is 2.22. The van der Waals surface area contributed by atoms with Crippen molar-refractivity contribution in [2.75, 3.05) is 47.3 Å². The van der Waals surface area contributed by atoms with Gasteiger partial charge < -0.3 is 14.7 Å². The molecule has 2 rings (SSSR count). The van der Waals surface area contributed by atoms with E-state index < -0.39 is 0 Å². The minimum atomic E-state index is 0.854. The molecule has 0 saturated heterocycles. The van der Waals surface area contributed by atoms with Gasteiger partial charge in [-0.1, -0.05) is 38.5 Å². The third-order valence-corrected chi connectivity index (χ3v) is 6.06. The van der Waals surface area contributed by atoms with Gasteiger partial charge in [0.15, 0.2) is 0 Å². The van der Waals surface area contributed by atoms with Gasteiger partial charge in [0.2, 0.25) is 0 Å². The monoisotopic (exact) mass is 309 g/mol. The lowest BCUT2D eigenvalue weighted by molar-refractivity contribution is 0.148. The van der Waals surface area contributed by atoms with Gasteiger partial charge in [0.25, 0.3) is 0 Å². The minimum Gasteiger partial charge on any atom is -0.304 e. The summed E-state index contributed by atoms with van der Waals surface area (Å²) in [5.41, 5.74) is 0. The molecule has 2 aliphatic rings. The van der Waals surface area contributed by atoms with Crippen molar-refractivity contribution in [3.8, 4) is 0 Å². The van der Waals surface area contributed by atoms with Crippen molar-refractivity contribution in [3.63, 3.8) is 0 Å². The van der Waals surface area contributed by atoms with Crippen LogP contribution in [0.3, 0.4) is 0 Å². The van der Waals surface area contributed by atoms with E-state index in [1.807, 2.05) is 0 Å². The van der Waals surface area contributed by atoms with Crippen LogP contribution < -0.4 is 0 Å². The van der Waals surface area contributed by atoms with E-state index in [4.69, 9.17) is 0 Å². The molecule has 0 spiro atoms. The van der Waals surface area contributed by atoms with E-state index in [0.29, 0.717) is 0 Å². The van der Waals surface area contributed by atoms with E-state index in [1.54, 1.807) is 0 Å². The Bertz CT molecular complexity index is 254. The van der Waals surface area contributed by atoms with Gasteiger partial charge in [-0.25, -0.2) is 0 Å². The Morgan fingerprint density at radius 1 is 0.545 bits per heavy atom. The normalized spacial score (nSPS) is 22.1. The molecular weight excluding hydrogens is 270 g/mol. The molecule has 0 amide bonds. The Labute approximate surface area is 139 Å². The average Bonchev–Trinajstić information content (AvgIpc) is 2.59. The SMILES string of the molecule is CN(CCN(C)C1CCCCC1)CCN(C)C1CCCCC1. The molecule has 0 heterocycles. The topological polar surface area (TPSA) is 9.72 Å². The first-order chi connectivity index (χ1) is 10.7. The molecule has 3 nitrogen and oxygen atoms in total. The van der Waals surface area contributed by atoms with E-state index in [2.05, 4.69) is 35.8 Å². The molecule has 0 bridgehead atoms. The Kier molecular flexibility index (Phi) is 8.19. The molecule has 2 fully saturated rings. The molecule has 3 heteroatoms. The summed E-state index contributed by atoms with van der Waals surface area (Å²) >= 11 is 0. The maximum absolute atomic E-state index is 2.61. The molecule has 22 heavy (non-hydrogen) atoms. The van der Waals surface area contributed by atoms with Gasteiger partial charge in [0.1, 0.15) is 0 Å². The van der Waals surface area contributed by atoms with Crippen LogP contribution in [0.15, 0.2) is 0 Å². The highest BCUT2D eigenvalue weighted by Gasteiger charge is 2.19. The van der Waals surface area contributed by atoms with Crippen molar-refractivity contribution >= 4 is 0 Å². The van der Waals surface area contributed by atoms with Gasteiger partial charge in [-0.3, -0.25) is 0 Å². The van der Waals surface area contributed by atoms with E-state index in [-0.39, 0.29) is 0 Å². The van der Waals surface area contributed by atoms with Crippen molar-refractivity contribution < 1.29 is 0 Å². The van der Waals surface area contributed by atoms with Gasteiger partial charge in [-0.2, -0.15) is 0 Å². The van der Waals surface area contributed by atoms with Crippen molar-refractivity contribution in [2.24, 2.45) is 0 Å². The third-order valence-electron chi connectivity index (χ3n) is 6.06. The average molecular weight is 310 g/mol. The van der Waals surface area contributed by atoms with E-state index in [9.17, 15) is 0 Å². The lowest BCUT2D eigenvalue weighted by atomic mass is 9.94. The van der Waals surface area contributed by atoms with Crippen LogP contribution in [-0.2, 0) is 0 Å². The summed E-state index contributed by atoms with van der Waals surface area (Å²) in [6.07, 6.45) is 14.4. The summed E-state index contributed by atoms with van der Waals surface area (Å²) in [4.78, 5) is 7.75. The molecule has 2 saturated carbocycles. The molecule has 2 aliphatic carbocycles. The fourth-order valence-electron chi connectivity index (χ4n) is 4.18. The van der Waals surface area contributed by atoms with Crippen LogP contribution in [0.5, 0.6) is 0 Å². The van der Waals surface area contributed by atoms with Crippen LogP contribution in [0.2, 0.25) is 0 Å². The fourth-order valence-corrected chi connectivity index (χ4v) is 4.18. The first-order valence-corrected chi connectivity index (χ1v) is 9.76. The van der Waals surface area contributed by atoms with Crippen LogP contribution in [0.25, 0.3) is 0 Å². The van der Waals surface area contributed by atoms with Gasteiger partial charge in [0.05, 0.1) is 0 Å². The zero-order valence-electron chi connectivity index (χ0n) is 15.4. The lowest BCUT2D eigenvalue weighted by Crippen LogP contribution is -2.42. The molecule has 0 aromatic rings. The lowest BCUT2D eigenvalue weighted by Gasteiger charge is -2.34. The first-order valence-electron chi connectivity index (χ1n) is 9.76. The second-order valence-electron chi connectivity index (χ2n) is 7.85. The van der Waals surface area contributed by atoms with Crippen LogP contribution in [0, 0.1) is 0 Å². The zero-order valence-corrected chi connectivity index (χ0v) is 15.4. The molecule has 0 aromatic carbocycles. The maximum atomic E-state index is 2.61. The molecule has 0 N–H and O–H groups in total. The van der Waals surface area contributed by atoms with Crippen molar-refractivity contribution in [2.45, 2.75) is 76.3 Å². The maximum Gasteiger partial charge on any atom is 0.0109 e. The van der Waals surface area contributed by atoms with Crippen molar-refractivity contribution in [1.82, 2.24) is 14.7 Å². The Balaban J connectivity index is 1.57. The van der Waals surface area contributed by atoms with Gasteiger partial charge >= 0.3 is 0 Å². The molecule has 0 aliphatic heterocycles. The molecule has 0 aromatic heterocycles. The van der Waals surface area contributed by atoms with Crippen LogP contribution in [-0.4, -0.2) is 74.1 Å². The molecule has 0 atom stereocenters. The number of hydrogen-bond donors (Lipinski definition) is 0. The summed E-state index contributed by atoms with van der Waals surface area (Å²) in [7, 11) is 6.96. The fraction of sp³-hybridized carbons (Fsp3) is 1.00. The number of hydrogen-bond acceptors (Lipinski definition) is 3. The van der Waals surface area contributed by atoms with Crippen LogP contribution >= 0.6 is 0 Å². The first kappa shape index (κ1) is 18.2. The largest absolute Gasteiger partial charge is 0.304 e. The van der Waals surface area contributed by atoms with E-state index >= 15 is 0 Å². The summed E-state index contributed by atoms with van der Waals surface area (Å²) < 4.78 is 0. The second-order valence-corrected chi connectivity index (χ2v) is 7.85. The smallest absolute Gasteiger partial charge is 0.0109 e. The second kappa shape index (κ2) is 9.89. The Morgan fingerprint density at radius 2 is 0.909 bits per heavy atom. The summed E-state index contributed by atoms with van der Waals surface area (Å²) in [5.74, 6) is 0. The predicted molar refractivity (Wildman–Crippen MR) is 96.5 cm³/mol. The van der Waals surface area contributed by atoms with Crippen molar-refractivity contribution in [1.29, 1.82) is 0 Å². The quantitative estimate of drug-likeness (QED) is 0.680. The van der Waals surface area contributed by atoms with Crippen LogP contribution in [0.1, 0.15) is 64.2 Å². The summed E-state index contributed by atoms with van der Waals surface area (Å²) in [6.45, 7) is 4.89. The number of nitrogens with zero attached hydrogens (tertiary/aromatic N) is 3. The van der Waals surface area contributed by atoms with Gasteiger partial charge in [-0.05, 0) is 46.8 Å². The molecule has 0 radical (unpaired) electrons. The highest BCUT2D eigenvalue weighted by molar-refractivity contribution is 4.76.